The number of unbranched alkanes of at least 4 members (excludes halogenated alkanes) is 1. The Morgan fingerprint density at radius 2 is 1.87 bits per heavy atom. The van der Waals surface area contributed by atoms with Crippen LogP contribution in [0, 0.1) is 0 Å². The predicted octanol–water partition coefficient (Wildman–Crippen LogP) is 5.03. The van der Waals surface area contributed by atoms with Crippen LogP contribution < -0.4 is 0 Å². The van der Waals surface area contributed by atoms with Gasteiger partial charge in [0.1, 0.15) is 0 Å². The van der Waals surface area contributed by atoms with Crippen molar-refractivity contribution < 1.29 is 4.74 Å². The fourth-order valence-electron chi connectivity index (χ4n) is 1.49. The summed E-state index contributed by atoms with van der Waals surface area (Å²) in [6, 6.07) is 0. The first kappa shape index (κ1) is 15.6. The van der Waals surface area contributed by atoms with Gasteiger partial charge in [-0.25, -0.2) is 0 Å². The van der Waals surface area contributed by atoms with Crippen molar-refractivity contribution in [2.45, 2.75) is 70.7 Å². The monoisotopic (exact) mass is 252 g/mol. The Hall–Kier alpha value is 0.600. The molecule has 0 N–H and O–H groups in total. The Bertz CT molecular complexity index is 133. The van der Waals surface area contributed by atoms with Crippen molar-refractivity contribution in [3.05, 3.63) is 0 Å². The standard InChI is InChI=1S/C12H25ClOS/c1-4-6-10-14-11(3)8-9-12(15-13)7-5-2/h11-12H,4-10H2,1-3H3. The van der Waals surface area contributed by atoms with Gasteiger partial charge in [-0.1, -0.05) is 37.7 Å². The molecule has 15 heavy (non-hydrogen) atoms. The third-order valence-electron chi connectivity index (χ3n) is 2.53. The molecule has 2 unspecified atom stereocenters. The van der Waals surface area contributed by atoms with Crippen LogP contribution >= 0.6 is 21.7 Å². The van der Waals surface area contributed by atoms with Crippen molar-refractivity contribution in [2.75, 3.05) is 6.61 Å². The second-order valence-electron chi connectivity index (χ2n) is 4.11. The van der Waals surface area contributed by atoms with Crippen LogP contribution in [0.3, 0.4) is 0 Å². The van der Waals surface area contributed by atoms with E-state index in [9.17, 15) is 0 Å². The third-order valence-corrected chi connectivity index (χ3v) is 4.01. The summed E-state index contributed by atoms with van der Waals surface area (Å²) in [6.07, 6.45) is 7.52. The summed E-state index contributed by atoms with van der Waals surface area (Å²) in [4.78, 5) is 0. The summed E-state index contributed by atoms with van der Waals surface area (Å²) >= 11 is 0. The fourth-order valence-corrected chi connectivity index (χ4v) is 2.57. The van der Waals surface area contributed by atoms with Crippen molar-refractivity contribution in [3.8, 4) is 0 Å². The Balaban J connectivity index is 3.45. The zero-order valence-electron chi connectivity index (χ0n) is 10.3. The van der Waals surface area contributed by atoms with Gasteiger partial charge in [-0.3, -0.25) is 0 Å². The topological polar surface area (TPSA) is 9.23 Å². The van der Waals surface area contributed by atoms with Crippen LogP contribution in [0.25, 0.3) is 0 Å². The predicted molar refractivity (Wildman–Crippen MR) is 71.7 cm³/mol. The molecule has 0 spiro atoms. The van der Waals surface area contributed by atoms with Gasteiger partial charge in [-0.2, -0.15) is 0 Å². The van der Waals surface area contributed by atoms with E-state index in [4.69, 9.17) is 15.4 Å². The molecule has 0 aliphatic rings. The van der Waals surface area contributed by atoms with Crippen molar-refractivity contribution in [1.29, 1.82) is 0 Å². The first-order valence-electron chi connectivity index (χ1n) is 6.13. The SMILES string of the molecule is CCCCOC(C)CCC(CCC)SCl. The first-order valence-corrected chi connectivity index (χ1v) is 7.84. The van der Waals surface area contributed by atoms with Gasteiger partial charge in [0.2, 0.25) is 0 Å². The minimum absolute atomic E-state index is 0.389. The quantitative estimate of drug-likeness (QED) is 0.505. The fraction of sp³-hybridized carbons (Fsp3) is 1.00. The molecule has 1 nitrogen and oxygen atoms in total. The molecule has 0 aromatic heterocycles. The van der Waals surface area contributed by atoms with Crippen LogP contribution in [0.4, 0.5) is 0 Å². The molecule has 0 aromatic rings. The molecule has 0 saturated carbocycles. The second-order valence-corrected chi connectivity index (χ2v) is 5.49. The minimum atomic E-state index is 0.389. The number of rotatable bonds is 10. The Kier molecular flexibility index (Phi) is 11.5. The van der Waals surface area contributed by atoms with Gasteiger partial charge in [0, 0.05) is 11.9 Å². The van der Waals surface area contributed by atoms with E-state index in [-0.39, 0.29) is 0 Å². The number of hydrogen-bond acceptors (Lipinski definition) is 2. The van der Waals surface area contributed by atoms with Gasteiger partial charge in [0.05, 0.1) is 6.10 Å². The maximum atomic E-state index is 5.83. The lowest BCUT2D eigenvalue weighted by atomic mass is 10.1. The van der Waals surface area contributed by atoms with Crippen LogP contribution in [0.2, 0.25) is 0 Å². The summed E-state index contributed by atoms with van der Waals surface area (Å²) in [7, 11) is 7.31. The minimum Gasteiger partial charge on any atom is -0.379 e. The first-order chi connectivity index (χ1) is 7.24. The zero-order chi connectivity index (χ0) is 11.5. The lowest BCUT2D eigenvalue weighted by Gasteiger charge is -2.16. The van der Waals surface area contributed by atoms with Crippen LogP contribution in [-0.4, -0.2) is 18.0 Å². The molecule has 92 valence electrons. The number of hydrogen-bond donors (Lipinski definition) is 0. The van der Waals surface area contributed by atoms with E-state index in [0.29, 0.717) is 11.4 Å². The molecule has 0 heterocycles. The second kappa shape index (κ2) is 11.1. The Labute approximate surface area is 104 Å². The molecule has 0 saturated heterocycles. The summed E-state index contributed by atoms with van der Waals surface area (Å²) in [6.45, 7) is 7.47. The van der Waals surface area contributed by atoms with Crippen LogP contribution in [0.5, 0.6) is 0 Å². The lowest BCUT2D eigenvalue weighted by molar-refractivity contribution is 0.0569. The molecule has 3 heteroatoms. The highest BCUT2D eigenvalue weighted by molar-refractivity contribution is 8.21. The van der Waals surface area contributed by atoms with E-state index in [1.807, 2.05) is 0 Å². The number of ether oxygens (including phenoxy) is 1. The summed E-state index contributed by atoms with van der Waals surface area (Å²) < 4.78 is 5.70. The highest BCUT2D eigenvalue weighted by Crippen LogP contribution is 2.25. The van der Waals surface area contributed by atoms with Gasteiger partial charge in [0.15, 0.2) is 0 Å². The summed E-state index contributed by atoms with van der Waals surface area (Å²) in [5, 5.41) is 0.605. The van der Waals surface area contributed by atoms with E-state index >= 15 is 0 Å². The van der Waals surface area contributed by atoms with Crippen molar-refractivity contribution >= 4 is 21.7 Å². The third kappa shape index (κ3) is 9.52. The van der Waals surface area contributed by atoms with E-state index < -0.39 is 0 Å². The Morgan fingerprint density at radius 3 is 2.40 bits per heavy atom. The molecule has 2 atom stereocenters. The molecule has 0 aliphatic carbocycles. The smallest absolute Gasteiger partial charge is 0.0547 e. The normalized spacial score (nSPS) is 15.2. The van der Waals surface area contributed by atoms with Gasteiger partial charge >= 0.3 is 0 Å². The molecule has 0 fully saturated rings. The van der Waals surface area contributed by atoms with E-state index in [1.165, 1.54) is 43.1 Å². The molecule has 0 rings (SSSR count). The largest absolute Gasteiger partial charge is 0.379 e. The van der Waals surface area contributed by atoms with Crippen LogP contribution in [0.15, 0.2) is 0 Å². The summed E-state index contributed by atoms with van der Waals surface area (Å²) in [5.41, 5.74) is 0. The highest BCUT2D eigenvalue weighted by atomic mass is 35.7. The lowest BCUT2D eigenvalue weighted by Crippen LogP contribution is -2.12. The van der Waals surface area contributed by atoms with Crippen molar-refractivity contribution in [3.63, 3.8) is 0 Å². The maximum Gasteiger partial charge on any atom is 0.0547 e. The van der Waals surface area contributed by atoms with Gasteiger partial charge in [-0.05, 0) is 43.3 Å². The number of halogens is 1. The molecule has 0 amide bonds. The zero-order valence-corrected chi connectivity index (χ0v) is 11.9. The van der Waals surface area contributed by atoms with Gasteiger partial charge < -0.3 is 4.74 Å². The Morgan fingerprint density at radius 1 is 1.13 bits per heavy atom. The molecular weight excluding hydrogens is 228 g/mol. The van der Waals surface area contributed by atoms with Crippen molar-refractivity contribution in [2.24, 2.45) is 0 Å². The van der Waals surface area contributed by atoms with Crippen LogP contribution in [0.1, 0.15) is 59.3 Å². The summed E-state index contributed by atoms with van der Waals surface area (Å²) in [5.74, 6) is 0. The van der Waals surface area contributed by atoms with Crippen molar-refractivity contribution in [1.82, 2.24) is 0 Å². The van der Waals surface area contributed by atoms with E-state index in [0.717, 1.165) is 13.0 Å². The molecular formula is C12H25ClOS. The van der Waals surface area contributed by atoms with Crippen LogP contribution in [-0.2, 0) is 4.74 Å². The average molecular weight is 253 g/mol. The van der Waals surface area contributed by atoms with Gasteiger partial charge in [0.25, 0.3) is 0 Å². The molecule has 0 bridgehead atoms. The average Bonchev–Trinajstić information content (AvgIpc) is 2.24. The van der Waals surface area contributed by atoms with E-state index in [2.05, 4.69) is 20.8 Å². The molecule has 0 radical (unpaired) electrons. The highest BCUT2D eigenvalue weighted by Gasteiger charge is 2.10. The molecule has 0 aliphatic heterocycles. The van der Waals surface area contributed by atoms with E-state index in [1.54, 1.807) is 0 Å². The van der Waals surface area contributed by atoms with Gasteiger partial charge in [-0.15, -0.1) is 0 Å². The molecule has 0 aromatic carbocycles. The maximum absolute atomic E-state index is 5.83.